The number of alkyl halides is 3. The zero-order valence-electron chi connectivity index (χ0n) is 20.2. The van der Waals surface area contributed by atoms with E-state index < -0.39 is 24.1 Å². The van der Waals surface area contributed by atoms with Gasteiger partial charge >= 0.3 is 12.1 Å². The zero-order valence-corrected chi connectivity index (χ0v) is 21.8. The number of fused-ring (bicyclic) bond motifs is 1. The molecule has 2 heterocycles. The molecule has 2 aromatic rings. The average molecular weight is 578 g/mol. The van der Waals surface area contributed by atoms with Gasteiger partial charge in [0.1, 0.15) is 36.3 Å². The molecule has 0 amide bonds. The lowest BCUT2D eigenvalue weighted by Gasteiger charge is -2.28. The van der Waals surface area contributed by atoms with Crippen LogP contribution in [0.5, 0.6) is 17.2 Å². The summed E-state index contributed by atoms with van der Waals surface area (Å²) >= 11 is 6.06. The van der Waals surface area contributed by atoms with Crippen molar-refractivity contribution in [2.24, 2.45) is 0 Å². The molecule has 0 bridgehead atoms. The Balaban J connectivity index is 0.00000400. The summed E-state index contributed by atoms with van der Waals surface area (Å²) in [6, 6.07) is 7.03. The van der Waals surface area contributed by atoms with Crippen molar-refractivity contribution in [2.75, 3.05) is 26.2 Å². The van der Waals surface area contributed by atoms with Crippen LogP contribution >= 0.6 is 24.0 Å². The van der Waals surface area contributed by atoms with Crippen molar-refractivity contribution in [3.63, 3.8) is 0 Å². The first-order chi connectivity index (χ1) is 17.5. The number of carboxylic acids is 1. The quantitative estimate of drug-likeness (QED) is 0.371. The first-order valence-electron chi connectivity index (χ1n) is 11.4. The second-order valence-electron chi connectivity index (χ2n) is 8.80. The van der Waals surface area contributed by atoms with E-state index in [2.05, 4.69) is 0 Å². The maximum absolute atomic E-state index is 14.9. The largest absolute Gasteiger partial charge is 0.489 e. The van der Waals surface area contributed by atoms with E-state index in [0.29, 0.717) is 42.9 Å². The van der Waals surface area contributed by atoms with E-state index in [9.17, 15) is 27.5 Å². The molecule has 38 heavy (non-hydrogen) atoms. The highest BCUT2D eigenvalue weighted by atomic mass is 35.5. The first-order valence-corrected chi connectivity index (χ1v) is 11.8. The first kappa shape index (κ1) is 29.6. The van der Waals surface area contributed by atoms with Gasteiger partial charge in [-0.15, -0.1) is 12.4 Å². The van der Waals surface area contributed by atoms with Gasteiger partial charge < -0.3 is 19.3 Å². The van der Waals surface area contributed by atoms with Crippen LogP contribution < -0.4 is 14.2 Å². The van der Waals surface area contributed by atoms with Crippen LogP contribution in [-0.2, 0) is 11.4 Å². The number of carbonyl (C=O) groups is 1. The summed E-state index contributed by atoms with van der Waals surface area (Å²) in [7, 11) is 0. The molecule has 0 aliphatic carbocycles. The van der Waals surface area contributed by atoms with Crippen LogP contribution in [0.1, 0.15) is 24.5 Å². The van der Waals surface area contributed by atoms with Crippen molar-refractivity contribution in [1.82, 2.24) is 4.90 Å². The van der Waals surface area contributed by atoms with Gasteiger partial charge in [0.15, 0.2) is 6.10 Å². The minimum atomic E-state index is -4.52. The van der Waals surface area contributed by atoms with Crippen LogP contribution in [0.15, 0.2) is 47.6 Å². The Kier molecular flexibility index (Phi) is 9.56. The molecule has 0 saturated carbocycles. The number of aliphatic carboxylic acids is 1. The van der Waals surface area contributed by atoms with Gasteiger partial charge in [-0.1, -0.05) is 23.7 Å². The Bertz CT molecular complexity index is 1250. The van der Waals surface area contributed by atoms with Gasteiger partial charge in [-0.25, -0.2) is 9.18 Å². The number of benzene rings is 2. The second kappa shape index (κ2) is 12.3. The molecule has 0 unspecified atom stereocenters. The maximum Gasteiger partial charge on any atom is 0.425 e. The van der Waals surface area contributed by atoms with Crippen molar-refractivity contribution in [3.8, 4) is 17.2 Å². The fourth-order valence-electron chi connectivity index (χ4n) is 3.96. The topological polar surface area (TPSA) is 68.2 Å². The SMILES string of the molecule is C[C@H](Oc1ccc(COc2cc(F)c3c(c2)OCC(CN2CCC=C(C(=O)O)C2)=C3)cc1Cl)C(F)(F)F.Cl. The van der Waals surface area contributed by atoms with Crippen molar-refractivity contribution >= 4 is 36.1 Å². The van der Waals surface area contributed by atoms with Crippen LogP contribution in [0, 0.1) is 5.82 Å². The molecule has 0 fully saturated rings. The van der Waals surface area contributed by atoms with Crippen molar-refractivity contribution in [3.05, 3.63) is 69.5 Å². The van der Waals surface area contributed by atoms with Crippen molar-refractivity contribution in [2.45, 2.75) is 32.2 Å². The summed E-state index contributed by atoms with van der Waals surface area (Å²) in [5, 5.41) is 9.20. The van der Waals surface area contributed by atoms with Gasteiger partial charge in [-0.05, 0) is 42.7 Å². The van der Waals surface area contributed by atoms with Crippen LogP contribution in [-0.4, -0.2) is 54.5 Å². The Labute approximate surface area is 227 Å². The zero-order chi connectivity index (χ0) is 26.7. The molecule has 2 aliphatic rings. The van der Waals surface area contributed by atoms with Gasteiger partial charge in [0.2, 0.25) is 0 Å². The third-order valence-electron chi connectivity index (χ3n) is 5.92. The van der Waals surface area contributed by atoms with E-state index in [1.54, 1.807) is 18.2 Å². The number of hydrogen-bond acceptors (Lipinski definition) is 5. The standard InChI is InChI=1S/C26H24ClF4NO5.ClH/c1-15(26(29,30)31)37-23-5-4-16(8-21(23)27)13-35-19-9-22(28)20-7-17(14-36-24(20)10-19)11-32-6-2-3-18(12-32)25(33)34;/h3-5,7-10,15H,2,6,11-14H2,1H3,(H,33,34);1H/t15-;/m0./s1. The third-order valence-corrected chi connectivity index (χ3v) is 6.22. The minimum Gasteiger partial charge on any atom is -0.489 e. The summed E-state index contributed by atoms with van der Waals surface area (Å²) in [6.07, 6.45) is -2.48. The van der Waals surface area contributed by atoms with Gasteiger partial charge in [-0.3, -0.25) is 4.90 Å². The smallest absolute Gasteiger partial charge is 0.425 e. The third kappa shape index (κ3) is 7.33. The van der Waals surface area contributed by atoms with E-state index in [1.165, 1.54) is 24.3 Å². The molecule has 0 spiro atoms. The Morgan fingerprint density at radius 3 is 2.71 bits per heavy atom. The number of carboxylic acid groups (broad SMARTS) is 1. The van der Waals surface area contributed by atoms with Crippen LogP contribution in [0.2, 0.25) is 5.02 Å². The normalized spacial score (nSPS) is 16.3. The lowest BCUT2D eigenvalue weighted by Crippen LogP contribution is -2.35. The molecule has 1 atom stereocenters. The number of rotatable bonds is 8. The Morgan fingerprint density at radius 1 is 1.26 bits per heavy atom. The predicted octanol–water partition coefficient (Wildman–Crippen LogP) is 6.30. The molecule has 2 aliphatic heterocycles. The highest BCUT2D eigenvalue weighted by Gasteiger charge is 2.38. The summed E-state index contributed by atoms with van der Waals surface area (Å²) in [5.41, 5.74) is 2.00. The van der Waals surface area contributed by atoms with Crippen molar-refractivity contribution in [1.29, 1.82) is 0 Å². The Morgan fingerprint density at radius 2 is 2.03 bits per heavy atom. The lowest BCUT2D eigenvalue weighted by atomic mass is 10.0. The molecular weight excluding hydrogens is 553 g/mol. The molecular formula is C26H25Cl2F4NO5. The van der Waals surface area contributed by atoms with Crippen LogP contribution in [0.25, 0.3) is 6.08 Å². The summed E-state index contributed by atoms with van der Waals surface area (Å²) in [4.78, 5) is 13.2. The number of halogens is 6. The summed E-state index contributed by atoms with van der Waals surface area (Å²) in [6.45, 7) is 2.58. The highest BCUT2D eigenvalue weighted by Crippen LogP contribution is 2.35. The fourth-order valence-corrected chi connectivity index (χ4v) is 4.20. The van der Waals surface area contributed by atoms with E-state index >= 15 is 0 Å². The number of ether oxygens (including phenoxy) is 3. The minimum absolute atomic E-state index is 0. The molecule has 1 N–H and O–H groups in total. The van der Waals surface area contributed by atoms with Gasteiger partial charge in [-0.2, -0.15) is 13.2 Å². The van der Waals surface area contributed by atoms with Crippen LogP contribution in [0.3, 0.4) is 0 Å². The average Bonchev–Trinajstić information content (AvgIpc) is 2.84. The maximum atomic E-state index is 14.9. The molecule has 4 rings (SSSR count). The van der Waals surface area contributed by atoms with Crippen LogP contribution in [0.4, 0.5) is 17.6 Å². The highest BCUT2D eigenvalue weighted by molar-refractivity contribution is 6.32. The second-order valence-corrected chi connectivity index (χ2v) is 9.20. The van der Waals surface area contributed by atoms with E-state index in [4.69, 9.17) is 25.8 Å². The molecule has 6 nitrogen and oxygen atoms in total. The lowest BCUT2D eigenvalue weighted by molar-refractivity contribution is -0.189. The summed E-state index contributed by atoms with van der Waals surface area (Å²) in [5.74, 6) is -1.07. The molecule has 12 heteroatoms. The van der Waals surface area contributed by atoms with E-state index in [0.717, 1.165) is 12.5 Å². The fraction of sp³-hybridized carbons (Fsp3) is 0.346. The van der Waals surface area contributed by atoms with Gasteiger partial charge in [0.05, 0.1) is 10.6 Å². The van der Waals surface area contributed by atoms with E-state index in [-0.39, 0.29) is 47.7 Å². The molecule has 0 saturated heterocycles. The number of hydrogen-bond donors (Lipinski definition) is 1. The number of nitrogens with zero attached hydrogens (tertiary/aromatic N) is 1. The monoisotopic (exact) mass is 577 g/mol. The van der Waals surface area contributed by atoms with Crippen molar-refractivity contribution < 1.29 is 41.7 Å². The molecule has 2 aromatic carbocycles. The summed E-state index contributed by atoms with van der Waals surface area (Å²) < 4.78 is 69.3. The van der Waals surface area contributed by atoms with E-state index in [1.807, 2.05) is 4.90 Å². The molecule has 0 aromatic heterocycles. The molecule has 0 radical (unpaired) electrons. The van der Waals surface area contributed by atoms with Gasteiger partial charge in [0.25, 0.3) is 0 Å². The predicted molar refractivity (Wildman–Crippen MR) is 136 cm³/mol. The van der Waals surface area contributed by atoms with Gasteiger partial charge in [0, 0.05) is 37.3 Å². The molecule has 206 valence electrons. The Hall–Kier alpha value is -2.95.